The van der Waals surface area contributed by atoms with Crippen molar-refractivity contribution >= 4 is 35.6 Å². The summed E-state index contributed by atoms with van der Waals surface area (Å²) in [6.45, 7) is 0. The van der Waals surface area contributed by atoms with E-state index in [9.17, 15) is 0 Å². The molecule has 12 heavy (non-hydrogen) atoms. The topological polar surface area (TPSA) is 54.5 Å². The number of hydrogen-bond donors (Lipinski definition) is 2. The first-order valence-electron chi connectivity index (χ1n) is 3.25. The minimum atomic E-state index is 0.641. The quantitative estimate of drug-likeness (QED) is 0.314. The summed E-state index contributed by atoms with van der Waals surface area (Å²) in [5.41, 5.74) is 1.45. The molecule has 0 fully saturated rings. The van der Waals surface area contributed by atoms with E-state index in [-0.39, 0.29) is 0 Å². The van der Waals surface area contributed by atoms with E-state index < -0.39 is 0 Å². The maximum Gasteiger partial charge on any atom is 0.190 e. The van der Waals surface area contributed by atoms with Gasteiger partial charge in [0.15, 0.2) is 10.8 Å². The Labute approximate surface area is 78.6 Å². The lowest BCUT2D eigenvalue weighted by Gasteiger charge is -1.96. The van der Waals surface area contributed by atoms with Crippen molar-refractivity contribution < 1.29 is 0 Å². The van der Waals surface area contributed by atoms with Crippen LogP contribution in [0.3, 0.4) is 0 Å². The molecular formula is C6H6N4S2. The van der Waals surface area contributed by atoms with Gasteiger partial charge in [0.2, 0.25) is 0 Å². The van der Waals surface area contributed by atoms with Gasteiger partial charge in [0, 0.05) is 0 Å². The SMILES string of the molecule is CSc1nc(S)c2[nH]cnc2n1. The number of aromatic amines is 1. The number of imidazole rings is 1. The lowest BCUT2D eigenvalue weighted by atomic mass is 10.6. The number of rotatable bonds is 1. The van der Waals surface area contributed by atoms with Crippen LogP contribution in [0.4, 0.5) is 0 Å². The first kappa shape index (κ1) is 7.88. The lowest BCUT2D eigenvalue weighted by Crippen LogP contribution is -1.88. The molecule has 0 aromatic carbocycles. The minimum absolute atomic E-state index is 0.641. The van der Waals surface area contributed by atoms with Gasteiger partial charge in [-0.25, -0.2) is 15.0 Å². The monoisotopic (exact) mass is 198 g/mol. The number of H-pyrrole nitrogens is 1. The first-order valence-corrected chi connectivity index (χ1v) is 4.92. The van der Waals surface area contributed by atoms with Gasteiger partial charge in [-0.05, 0) is 6.26 Å². The Morgan fingerprint density at radius 1 is 1.50 bits per heavy atom. The van der Waals surface area contributed by atoms with E-state index in [1.807, 2.05) is 6.26 Å². The lowest BCUT2D eigenvalue weighted by molar-refractivity contribution is 0.928. The summed E-state index contributed by atoms with van der Waals surface area (Å²) in [5.74, 6) is 0. The van der Waals surface area contributed by atoms with Crippen LogP contribution in [-0.4, -0.2) is 26.2 Å². The zero-order valence-electron chi connectivity index (χ0n) is 6.27. The molecule has 0 aliphatic rings. The van der Waals surface area contributed by atoms with Crippen molar-refractivity contribution in [3.05, 3.63) is 6.33 Å². The van der Waals surface area contributed by atoms with Crippen molar-refractivity contribution in [1.29, 1.82) is 0 Å². The van der Waals surface area contributed by atoms with Crippen LogP contribution < -0.4 is 0 Å². The molecule has 0 saturated heterocycles. The summed E-state index contributed by atoms with van der Waals surface area (Å²) in [6.07, 6.45) is 3.50. The van der Waals surface area contributed by atoms with Crippen molar-refractivity contribution in [2.75, 3.05) is 6.26 Å². The third-order valence-electron chi connectivity index (χ3n) is 1.43. The van der Waals surface area contributed by atoms with Gasteiger partial charge in [-0.2, -0.15) is 0 Å². The van der Waals surface area contributed by atoms with Crippen LogP contribution in [0.25, 0.3) is 11.2 Å². The van der Waals surface area contributed by atoms with Crippen molar-refractivity contribution in [2.45, 2.75) is 10.2 Å². The summed E-state index contributed by atoms with van der Waals surface area (Å²) in [4.78, 5) is 15.2. The van der Waals surface area contributed by atoms with Crippen molar-refractivity contribution in [2.24, 2.45) is 0 Å². The van der Waals surface area contributed by atoms with Gasteiger partial charge in [-0.3, -0.25) is 0 Å². The fourth-order valence-electron chi connectivity index (χ4n) is 0.890. The van der Waals surface area contributed by atoms with Crippen LogP contribution >= 0.6 is 24.4 Å². The van der Waals surface area contributed by atoms with Gasteiger partial charge < -0.3 is 4.98 Å². The fourth-order valence-corrected chi connectivity index (χ4v) is 1.58. The average molecular weight is 198 g/mol. The number of fused-ring (bicyclic) bond motifs is 1. The maximum atomic E-state index is 4.20. The normalized spacial score (nSPS) is 10.8. The molecule has 0 amide bonds. The Bertz CT molecular complexity index is 411. The molecule has 62 valence electrons. The average Bonchev–Trinajstić information content (AvgIpc) is 2.52. The van der Waals surface area contributed by atoms with E-state index in [0.29, 0.717) is 15.8 Å². The van der Waals surface area contributed by atoms with Crippen molar-refractivity contribution in [3.63, 3.8) is 0 Å². The van der Waals surface area contributed by atoms with Gasteiger partial charge in [0.25, 0.3) is 0 Å². The molecule has 0 aliphatic heterocycles. The Morgan fingerprint density at radius 3 is 3.08 bits per heavy atom. The number of nitrogens with one attached hydrogen (secondary N) is 1. The maximum absolute atomic E-state index is 4.20. The third kappa shape index (κ3) is 1.16. The molecular weight excluding hydrogens is 192 g/mol. The highest BCUT2D eigenvalue weighted by atomic mass is 32.2. The van der Waals surface area contributed by atoms with E-state index in [1.165, 1.54) is 11.8 Å². The second kappa shape index (κ2) is 2.95. The summed E-state index contributed by atoms with van der Waals surface area (Å²) in [7, 11) is 0. The van der Waals surface area contributed by atoms with E-state index in [0.717, 1.165) is 5.52 Å². The van der Waals surface area contributed by atoms with Gasteiger partial charge in [0.05, 0.1) is 6.33 Å². The number of aromatic nitrogens is 4. The Hall–Kier alpha value is -0.750. The van der Waals surface area contributed by atoms with Crippen LogP contribution in [0, 0.1) is 0 Å². The summed E-state index contributed by atoms with van der Waals surface area (Å²) < 4.78 is 0. The predicted molar refractivity (Wildman–Crippen MR) is 50.7 cm³/mol. The van der Waals surface area contributed by atoms with Crippen LogP contribution in [0.15, 0.2) is 16.5 Å². The molecule has 0 atom stereocenters. The number of nitrogens with zero attached hydrogens (tertiary/aromatic N) is 3. The number of thioether (sulfide) groups is 1. The fraction of sp³-hybridized carbons (Fsp3) is 0.167. The van der Waals surface area contributed by atoms with Crippen LogP contribution in [0.1, 0.15) is 0 Å². The molecule has 0 unspecified atom stereocenters. The molecule has 0 saturated carbocycles. The predicted octanol–water partition coefficient (Wildman–Crippen LogP) is 1.36. The number of hydrogen-bond acceptors (Lipinski definition) is 5. The van der Waals surface area contributed by atoms with Crippen LogP contribution in [0.2, 0.25) is 0 Å². The van der Waals surface area contributed by atoms with Crippen molar-refractivity contribution in [3.8, 4) is 0 Å². The first-order chi connectivity index (χ1) is 5.81. The van der Waals surface area contributed by atoms with Gasteiger partial charge in [0.1, 0.15) is 10.5 Å². The third-order valence-corrected chi connectivity index (χ3v) is 2.30. The highest BCUT2D eigenvalue weighted by molar-refractivity contribution is 7.98. The zero-order chi connectivity index (χ0) is 8.55. The van der Waals surface area contributed by atoms with E-state index >= 15 is 0 Å². The Kier molecular flexibility index (Phi) is 1.93. The highest BCUT2D eigenvalue weighted by Gasteiger charge is 2.05. The molecule has 0 radical (unpaired) electrons. The second-order valence-electron chi connectivity index (χ2n) is 2.14. The molecule has 1 N–H and O–H groups in total. The molecule has 2 heterocycles. The smallest absolute Gasteiger partial charge is 0.190 e. The molecule has 0 bridgehead atoms. The molecule has 0 spiro atoms. The molecule has 2 aromatic rings. The second-order valence-corrected chi connectivity index (χ2v) is 3.33. The molecule has 2 aromatic heterocycles. The van der Waals surface area contributed by atoms with Gasteiger partial charge >= 0.3 is 0 Å². The summed E-state index contributed by atoms with van der Waals surface area (Å²) >= 11 is 5.68. The standard InChI is InChI=1S/C6H6N4S2/c1-12-6-9-4-3(5(11)10-6)7-2-8-4/h2H,1H3,(H2,7,8,9,10,11). The minimum Gasteiger partial charge on any atom is -0.341 e. The zero-order valence-corrected chi connectivity index (χ0v) is 7.99. The Balaban J connectivity index is 2.75. The molecule has 6 heteroatoms. The van der Waals surface area contributed by atoms with Gasteiger partial charge in [-0.15, -0.1) is 12.6 Å². The largest absolute Gasteiger partial charge is 0.341 e. The van der Waals surface area contributed by atoms with Crippen LogP contribution in [0.5, 0.6) is 0 Å². The summed E-state index contributed by atoms with van der Waals surface area (Å²) in [5, 5.41) is 1.33. The number of thiol groups is 1. The molecule has 4 nitrogen and oxygen atoms in total. The Morgan fingerprint density at radius 2 is 2.33 bits per heavy atom. The molecule has 2 rings (SSSR count). The van der Waals surface area contributed by atoms with E-state index in [2.05, 4.69) is 32.6 Å². The van der Waals surface area contributed by atoms with Crippen molar-refractivity contribution in [1.82, 2.24) is 19.9 Å². The van der Waals surface area contributed by atoms with Gasteiger partial charge in [-0.1, -0.05) is 11.8 Å². The highest BCUT2D eigenvalue weighted by Crippen LogP contribution is 2.18. The molecule has 0 aliphatic carbocycles. The summed E-state index contributed by atoms with van der Waals surface area (Å²) in [6, 6.07) is 0. The van der Waals surface area contributed by atoms with Crippen LogP contribution in [-0.2, 0) is 0 Å². The van der Waals surface area contributed by atoms with E-state index in [4.69, 9.17) is 0 Å². The van der Waals surface area contributed by atoms with E-state index in [1.54, 1.807) is 6.33 Å².